The fourth-order valence-electron chi connectivity index (χ4n) is 1.21. The zero-order valence-corrected chi connectivity index (χ0v) is 9.19. The van der Waals surface area contributed by atoms with Gasteiger partial charge in [0.15, 0.2) is 0 Å². The molecule has 1 aromatic rings. The maximum absolute atomic E-state index is 12.7. The predicted molar refractivity (Wildman–Crippen MR) is 56.0 cm³/mol. The van der Waals surface area contributed by atoms with Gasteiger partial charge in [-0.1, -0.05) is 5.11 Å². The average Bonchev–Trinajstić information content (AvgIpc) is 2.18. The minimum atomic E-state index is -4.55. The van der Waals surface area contributed by atoms with E-state index < -0.39 is 11.7 Å². The molecule has 4 nitrogen and oxygen atoms in total. The Morgan fingerprint density at radius 3 is 2.47 bits per heavy atom. The molecular formula is C10H10F3N3O. The highest BCUT2D eigenvalue weighted by Gasteiger charge is 2.34. The maximum Gasteiger partial charge on any atom is 0.419 e. The third-order valence-corrected chi connectivity index (χ3v) is 1.79. The van der Waals surface area contributed by atoms with Gasteiger partial charge in [0.25, 0.3) is 0 Å². The second-order valence-electron chi connectivity index (χ2n) is 3.53. The van der Waals surface area contributed by atoms with Gasteiger partial charge in [-0.15, -0.1) is 0 Å². The van der Waals surface area contributed by atoms with Crippen molar-refractivity contribution in [2.24, 2.45) is 5.11 Å². The normalized spacial score (nSPS) is 11.2. The average molecular weight is 245 g/mol. The highest BCUT2D eigenvalue weighted by molar-refractivity contribution is 5.48. The number of azide groups is 1. The molecule has 0 spiro atoms. The van der Waals surface area contributed by atoms with E-state index in [0.717, 1.165) is 12.1 Å². The Balaban J connectivity index is 3.26. The summed E-state index contributed by atoms with van der Waals surface area (Å²) in [6.45, 7) is 3.25. The van der Waals surface area contributed by atoms with Crippen molar-refractivity contribution in [3.8, 4) is 5.75 Å². The second-order valence-corrected chi connectivity index (χ2v) is 3.53. The molecule has 1 aromatic carbocycles. The van der Waals surface area contributed by atoms with Crippen molar-refractivity contribution < 1.29 is 17.9 Å². The van der Waals surface area contributed by atoms with E-state index in [9.17, 15) is 13.2 Å². The van der Waals surface area contributed by atoms with Crippen molar-refractivity contribution in [3.63, 3.8) is 0 Å². The molecule has 0 aliphatic carbocycles. The van der Waals surface area contributed by atoms with Crippen LogP contribution in [0.5, 0.6) is 5.75 Å². The molecule has 0 N–H and O–H groups in total. The first kappa shape index (κ1) is 13.2. The zero-order valence-electron chi connectivity index (χ0n) is 9.19. The van der Waals surface area contributed by atoms with Crippen LogP contribution in [0.1, 0.15) is 19.4 Å². The lowest BCUT2D eigenvalue weighted by Gasteiger charge is -2.16. The Hall–Kier alpha value is -1.88. The van der Waals surface area contributed by atoms with Gasteiger partial charge >= 0.3 is 6.18 Å². The molecule has 0 unspecified atom stereocenters. The standard InChI is InChI=1S/C10H10F3N3O/c1-6(2)17-9-4-3-7(15-16-14)5-8(9)10(11,12)13/h3-6H,1-2H3. The van der Waals surface area contributed by atoms with E-state index >= 15 is 0 Å². The summed E-state index contributed by atoms with van der Waals surface area (Å²) in [5.41, 5.74) is 7.12. The molecule has 92 valence electrons. The summed E-state index contributed by atoms with van der Waals surface area (Å²) in [6, 6.07) is 3.18. The summed E-state index contributed by atoms with van der Waals surface area (Å²) in [5.74, 6) is -0.274. The van der Waals surface area contributed by atoms with Crippen molar-refractivity contribution in [2.45, 2.75) is 26.1 Å². The lowest BCUT2D eigenvalue weighted by molar-refractivity contribution is -0.139. The number of halogens is 3. The van der Waals surface area contributed by atoms with Crippen LogP contribution in [0.15, 0.2) is 23.3 Å². The fourth-order valence-corrected chi connectivity index (χ4v) is 1.21. The van der Waals surface area contributed by atoms with E-state index in [2.05, 4.69) is 10.0 Å². The van der Waals surface area contributed by atoms with Crippen molar-refractivity contribution >= 4 is 5.69 Å². The largest absolute Gasteiger partial charge is 0.490 e. The Bertz CT molecular complexity index is 451. The van der Waals surface area contributed by atoms with Crippen LogP contribution in [0.4, 0.5) is 18.9 Å². The van der Waals surface area contributed by atoms with Gasteiger partial charge < -0.3 is 4.74 Å². The molecule has 0 saturated heterocycles. The zero-order chi connectivity index (χ0) is 13.1. The van der Waals surface area contributed by atoms with Crippen LogP contribution in [-0.4, -0.2) is 6.10 Å². The molecule has 0 aliphatic rings. The molecule has 17 heavy (non-hydrogen) atoms. The smallest absolute Gasteiger partial charge is 0.419 e. The summed E-state index contributed by atoms with van der Waals surface area (Å²) in [4.78, 5) is 2.44. The highest BCUT2D eigenvalue weighted by atomic mass is 19.4. The lowest BCUT2D eigenvalue weighted by atomic mass is 10.1. The number of hydrogen-bond acceptors (Lipinski definition) is 2. The molecule has 0 aliphatic heterocycles. The van der Waals surface area contributed by atoms with E-state index in [1.165, 1.54) is 6.07 Å². The molecule has 0 fully saturated rings. The summed E-state index contributed by atoms with van der Waals surface area (Å²) >= 11 is 0. The maximum atomic E-state index is 12.7. The Kier molecular flexibility index (Phi) is 3.85. The Labute approximate surface area is 95.6 Å². The van der Waals surface area contributed by atoms with Gasteiger partial charge in [-0.25, -0.2) is 0 Å². The molecule has 0 atom stereocenters. The molecule has 1 rings (SSSR count). The summed E-state index contributed by atoms with van der Waals surface area (Å²) in [7, 11) is 0. The van der Waals surface area contributed by atoms with Crippen LogP contribution in [0.2, 0.25) is 0 Å². The number of ether oxygens (including phenoxy) is 1. The first-order chi connectivity index (χ1) is 7.84. The molecule has 0 heterocycles. The first-order valence-corrected chi connectivity index (χ1v) is 4.77. The Morgan fingerprint density at radius 1 is 1.35 bits per heavy atom. The minimum Gasteiger partial charge on any atom is -0.490 e. The molecule has 0 saturated carbocycles. The van der Waals surface area contributed by atoms with Crippen LogP contribution in [0, 0.1) is 0 Å². The number of alkyl halides is 3. The SMILES string of the molecule is CC(C)Oc1ccc(N=[N+]=[N-])cc1C(F)(F)F. The second kappa shape index (κ2) is 4.97. The van der Waals surface area contributed by atoms with Crippen LogP contribution >= 0.6 is 0 Å². The number of nitrogens with zero attached hydrogens (tertiary/aromatic N) is 3. The van der Waals surface area contributed by atoms with Gasteiger partial charge in [-0.05, 0) is 37.6 Å². The summed E-state index contributed by atoms with van der Waals surface area (Å²) in [5, 5.41) is 3.13. The van der Waals surface area contributed by atoms with E-state index in [0.29, 0.717) is 0 Å². The number of benzene rings is 1. The van der Waals surface area contributed by atoms with Crippen LogP contribution in [0.3, 0.4) is 0 Å². The first-order valence-electron chi connectivity index (χ1n) is 4.77. The van der Waals surface area contributed by atoms with Gasteiger partial charge in [-0.3, -0.25) is 0 Å². The Morgan fingerprint density at radius 2 is 2.00 bits per heavy atom. The molecular weight excluding hydrogens is 235 g/mol. The van der Waals surface area contributed by atoms with E-state index in [-0.39, 0.29) is 17.5 Å². The van der Waals surface area contributed by atoms with Crippen molar-refractivity contribution in [1.29, 1.82) is 0 Å². The summed E-state index contributed by atoms with van der Waals surface area (Å²) < 4.78 is 43.2. The molecule has 0 aromatic heterocycles. The van der Waals surface area contributed by atoms with Gasteiger partial charge in [0.05, 0.1) is 11.7 Å². The van der Waals surface area contributed by atoms with Crippen LogP contribution in [-0.2, 0) is 6.18 Å². The molecule has 0 bridgehead atoms. The van der Waals surface area contributed by atoms with Crippen molar-refractivity contribution in [2.75, 3.05) is 0 Å². The van der Waals surface area contributed by atoms with E-state index in [1.54, 1.807) is 13.8 Å². The van der Waals surface area contributed by atoms with E-state index in [4.69, 9.17) is 10.3 Å². The van der Waals surface area contributed by atoms with Crippen LogP contribution < -0.4 is 4.74 Å². The fraction of sp³-hybridized carbons (Fsp3) is 0.400. The van der Waals surface area contributed by atoms with Crippen molar-refractivity contribution in [3.05, 3.63) is 34.2 Å². The van der Waals surface area contributed by atoms with E-state index in [1.807, 2.05) is 0 Å². The molecule has 7 heteroatoms. The molecule has 0 amide bonds. The number of rotatable bonds is 3. The van der Waals surface area contributed by atoms with Gasteiger partial charge in [0, 0.05) is 10.6 Å². The number of hydrogen-bond donors (Lipinski definition) is 0. The van der Waals surface area contributed by atoms with Crippen LogP contribution in [0.25, 0.3) is 10.4 Å². The summed E-state index contributed by atoms with van der Waals surface area (Å²) in [6.07, 6.45) is -4.92. The highest BCUT2D eigenvalue weighted by Crippen LogP contribution is 2.38. The molecule has 0 radical (unpaired) electrons. The topological polar surface area (TPSA) is 58.0 Å². The minimum absolute atomic E-state index is 0.101. The van der Waals surface area contributed by atoms with Gasteiger partial charge in [-0.2, -0.15) is 13.2 Å². The lowest BCUT2D eigenvalue weighted by Crippen LogP contribution is -2.12. The third kappa shape index (κ3) is 3.57. The third-order valence-electron chi connectivity index (χ3n) is 1.79. The predicted octanol–water partition coefficient (Wildman–Crippen LogP) is 4.43. The monoisotopic (exact) mass is 245 g/mol. The van der Waals surface area contributed by atoms with Crippen molar-refractivity contribution in [1.82, 2.24) is 0 Å². The van der Waals surface area contributed by atoms with Gasteiger partial charge in [0.1, 0.15) is 5.75 Å². The quantitative estimate of drug-likeness (QED) is 0.441. The van der Waals surface area contributed by atoms with Gasteiger partial charge in [0.2, 0.25) is 0 Å².